The highest BCUT2D eigenvalue weighted by molar-refractivity contribution is 9.10. The Bertz CT molecular complexity index is 875. The molecule has 1 atom stereocenters. The number of benzene rings is 2. The number of hydrogen-bond acceptors (Lipinski definition) is 4. The summed E-state index contributed by atoms with van der Waals surface area (Å²) in [5.74, 6) is 0.195. The van der Waals surface area contributed by atoms with Gasteiger partial charge in [0.25, 0.3) is 11.8 Å². The van der Waals surface area contributed by atoms with Gasteiger partial charge in [0, 0.05) is 4.47 Å². The molecule has 0 spiro atoms. The molecule has 160 valence electrons. The van der Waals surface area contributed by atoms with Gasteiger partial charge in [-0.15, -0.1) is 0 Å². The molecular formula is C23H28BrN3O3. The molecular weight excluding hydrogens is 446 g/mol. The van der Waals surface area contributed by atoms with Gasteiger partial charge in [0.1, 0.15) is 11.8 Å². The van der Waals surface area contributed by atoms with Crippen LogP contribution in [0.25, 0.3) is 0 Å². The Labute approximate surface area is 186 Å². The fourth-order valence-corrected chi connectivity index (χ4v) is 3.16. The second-order valence-electron chi connectivity index (χ2n) is 7.55. The highest BCUT2D eigenvalue weighted by Gasteiger charge is 2.22. The van der Waals surface area contributed by atoms with Crippen LogP contribution < -0.4 is 15.5 Å². The van der Waals surface area contributed by atoms with Crippen LogP contribution in [0.15, 0.2) is 52.0 Å². The molecule has 2 rings (SSSR count). The summed E-state index contributed by atoms with van der Waals surface area (Å²) in [7, 11) is 0. The van der Waals surface area contributed by atoms with E-state index in [0.717, 1.165) is 21.2 Å². The maximum Gasteiger partial charge on any atom is 0.262 e. The number of hydrazone groups is 1. The lowest BCUT2D eigenvalue weighted by molar-refractivity contribution is -0.130. The average Bonchev–Trinajstić information content (AvgIpc) is 2.68. The Morgan fingerprint density at radius 3 is 2.33 bits per heavy atom. The molecule has 0 radical (unpaired) electrons. The Hall–Kier alpha value is -2.67. The number of ether oxygens (including phenoxy) is 1. The summed E-state index contributed by atoms with van der Waals surface area (Å²) in [6.07, 6.45) is 2.05. The fourth-order valence-electron chi connectivity index (χ4n) is 2.90. The van der Waals surface area contributed by atoms with Crippen molar-refractivity contribution in [2.24, 2.45) is 11.0 Å². The van der Waals surface area contributed by atoms with E-state index >= 15 is 0 Å². The molecule has 7 heteroatoms. The van der Waals surface area contributed by atoms with Gasteiger partial charge in [-0.05, 0) is 55.0 Å². The Morgan fingerprint density at radius 1 is 1.10 bits per heavy atom. The van der Waals surface area contributed by atoms with E-state index in [-0.39, 0.29) is 24.3 Å². The molecule has 0 aliphatic carbocycles. The van der Waals surface area contributed by atoms with Crippen LogP contribution in [0.1, 0.15) is 37.0 Å². The molecule has 0 fully saturated rings. The third-order valence-corrected chi connectivity index (χ3v) is 4.90. The predicted molar refractivity (Wildman–Crippen MR) is 123 cm³/mol. The van der Waals surface area contributed by atoms with Crippen LogP contribution in [0.4, 0.5) is 0 Å². The van der Waals surface area contributed by atoms with Crippen LogP contribution in [0.3, 0.4) is 0 Å². The topological polar surface area (TPSA) is 79.8 Å². The zero-order valence-corrected chi connectivity index (χ0v) is 19.3. The quantitative estimate of drug-likeness (QED) is 0.424. The number of carbonyl (C=O) groups excluding carboxylic acids is 2. The van der Waals surface area contributed by atoms with Crippen LogP contribution in [0.5, 0.6) is 5.75 Å². The summed E-state index contributed by atoms with van der Waals surface area (Å²) in [4.78, 5) is 25.0. The summed E-state index contributed by atoms with van der Waals surface area (Å²) >= 11 is 3.37. The minimum absolute atomic E-state index is 0.157. The molecule has 6 nitrogen and oxygen atoms in total. The van der Waals surface area contributed by atoms with Crippen LogP contribution >= 0.6 is 15.9 Å². The van der Waals surface area contributed by atoms with Gasteiger partial charge in [-0.1, -0.05) is 60.1 Å². The first-order valence-corrected chi connectivity index (χ1v) is 10.6. The molecule has 2 aromatic rings. The summed E-state index contributed by atoms with van der Waals surface area (Å²) in [5.41, 5.74) is 5.28. The lowest BCUT2D eigenvalue weighted by atomic mass is 10.0. The van der Waals surface area contributed by atoms with Gasteiger partial charge < -0.3 is 10.1 Å². The molecule has 30 heavy (non-hydrogen) atoms. The van der Waals surface area contributed by atoms with Crippen molar-refractivity contribution in [1.82, 2.24) is 10.7 Å². The molecule has 0 heterocycles. The smallest absolute Gasteiger partial charge is 0.262 e. The van der Waals surface area contributed by atoms with Crippen LogP contribution in [0, 0.1) is 19.8 Å². The second kappa shape index (κ2) is 11.5. The molecule has 0 aromatic heterocycles. The van der Waals surface area contributed by atoms with Gasteiger partial charge >= 0.3 is 0 Å². The molecule has 0 aliphatic heterocycles. The van der Waals surface area contributed by atoms with E-state index in [1.54, 1.807) is 6.21 Å². The minimum atomic E-state index is -0.693. The summed E-state index contributed by atoms with van der Waals surface area (Å²) in [6.45, 7) is 7.68. The molecule has 0 saturated heterocycles. The van der Waals surface area contributed by atoms with E-state index in [1.807, 2.05) is 70.2 Å². The van der Waals surface area contributed by atoms with Crippen molar-refractivity contribution in [3.05, 3.63) is 63.6 Å². The predicted octanol–water partition coefficient (Wildman–Crippen LogP) is 4.13. The van der Waals surface area contributed by atoms with Crippen molar-refractivity contribution in [2.45, 2.75) is 40.2 Å². The van der Waals surface area contributed by atoms with E-state index in [2.05, 4.69) is 31.8 Å². The molecule has 2 amide bonds. The Kier molecular flexibility index (Phi) is 9.05. The first-order valence-electron chi connectivity index (χ1n) is 9.83. The van der Waals surface area contributed by atoms with E-state index in [9.17, 15) is 9.59 Å². The highest BCUT2D eigenvalue weighted by atomic mass is 79.9. The Morgan fingerprint density at radius 2 is 1.73 bits per heavy atom. The van der Waals surface area contributed by atoms with Crippen LogP contribution in [-0.2, 0) is 9.59 Å². The maximum atomic E-state index is 12.6. The van der Waals surface area contributed by atoms with Gasteiger partial charge in [-0.25, -0.2) is 5.43 Å². The van der Waals surface area contributed by atoms with Crippen molar-refractivity contribution < 1.29 is 14.3 Å². The number of aryl methyl sites for hydroxylation is 2. The molecule has 2 aromatic carbocycles. The van der Waals surface area contributed by atoms with Crippen molar-refractivity contribution in [2.75, 3.05) is 6.61 Å². The van der Waals surface area contributed by atoms with Crippen LogP contribution in [-0.4, -0.2) is 30.7 Å². The monoisotopic (exact) mass is 473 g/mol. The lowest BCUT2D eigenvalue weighted by Crippen LogP contribution is -2.47. The maximum absolute atomic E-state index is 12.6. The van der Waals surface area contributed by atoms with Crippen molar-refractivity contribution >= 4 is 34.0 Å². The number of amides is 2. The largest absolute Gasteiger partial charge is 0.483 e. The van der Waals surface area contributed by atoms with Crippen molar-refractivity contribution in [1.29, 1.82) is 0 Å². The van der Waals surface area contributed by atoms with E-state index < -0.39 is 6.04 Å². The zero-order chi connectivity index (χ0) is 22.1. The summed E-state index contributed by atoms with van der Waals surface area (Å²) in [6, 6.07) is 12.6. The van der Waals surface area contributed by atoms with Gasteiger partial charge in [0.2, 0.25) is 0 Å². The Balaban J connectivity index is 1.94. The third-order valence-electron chi connectivity index (χ3n) is 4.37. The lowest BCUT2D eigenvalue weighted by Gasteiger charge is -2.19. The summed E-state index contributed by atoms with van der Waals surface area (Å²) in [5, 5.41) is 6.76. The van der Waals surface area contributed by atoms with Crippen molar-refractivity contribution in [3.8, 4) is 5.75 Å². The first kappa shape index (κ1) is 23.6. The number of para-hydroxylation sites is 1. The van der Waals surface area contributed by atoms with Gasteiger partial charge in [0.15, 0.2) is 6.61 Å². The fraction of sp³-hybridized carbons (Fsp3) is 0.348. The van der Waals surface area contributed by atoms with Crippen LogP contribution in [0.2, 0.25) is 0 Å². The highest BCUT2D eigenvalue weighted by Crippen LogP contribution is 2.22. The zero-order valence-electron chi connectivity index (χ0n) is 17.7. The second-order valence-corrected chi connectivity index (χ2v) is 8.46. The molecule has 0 unspecified atom stereocenters. The van der Waals surface area contributed by atoms with Gasteiger partial charge in [0.05, 0.1) is 6.21 Å². The number of carbonyl (C=O) groups is 2. The van der Waals surface area contributed by atoms with Gasteiger partial charge in [-0.2, -0.15) is 5.10 Å². The standard InChI is InChI=1S/C23H28BrN3O3/c1-15(2)12-20(23(29)27-25-13-18-8-10-19(24)11-9-18)26-21(28)14-30-22-16(3)6-5-7-17(22)4/h5-11,13,15,20H,12,14H2,1-4H3,(H,26,28)(H,27,29)/b25-13-/t20-/m1/s1. The number of nitrogens with zero attached hydrogens (tertiary/aromatic N) is 1. The summed E-state index contributed by atoms with van der Waals surface area (Å²) < 4.78 is 6.65. The first-order chi connectivity index (χ1) is 14.3. The molecule has 0 aliphatic rings. The average molecular weight is 474 g/mol. The minimum Gasteiger partial charge on any atom is -0.483 e. The van der Waals surface area contributed by atoms with Gasteiger partial charge in [-0.3, -0.25) is 9.59 Å². The number of rotatable bonds is 9. The SMILES string of the molecule is Cc1cccc(C)c1OCC(=O)N[C@H](CC(C)C)C(=O)N/N=C\c1ccc(Br)cc1. The number of hydrogen-bond donors (Lipinski definition) is 2. The normalized spacial score (nSPS) is 12.1. The van der Waals surface area contributed by atoms with E-state index in [0.29, 0.717) is 12.2 Å². The number of nitrogens with one attached hydrogen (secondary N) is 2. The van der Waals surface area contributed by atoms with E-state index in [4.69, 9.17) is 4.74 Å². The molecule has 0 saturated carbocycles. The number of halogens is 1. The molecule has 2 N–H and O–H groups in total. The van der Waals surface area contributed by atoms with E-state index in [1.165, 1.54) is 0 Å². The third kappa shape index (κ3) is 7.63. The van der Waals surface area contributed by atoms with Crippen molar-refractivity contribution in [3.63, 3.8) is 0 Å². The molecule has 0 bridgehead atoms.